The van der Waals surface area contributed by atoms with Crippen LogP contribution in [-0.2, 0) is 10.2 Å². The summed E-state index contributed by atoms with van der Waals surface area (Å²) in [4.78, 5) is 0. The summed E-state index contributed by atoms with van der Waals surface area (Å²) in [5.74, 6) is 5.74. The van der Waals surface area contributed by atoms with E-state index in [1.54, 1.807) is 0 Å². The lowest BCUT2D eigenvalue weighted by atomic mass is 9.86. The van der Waals surface area contributed by atoms with Gasteiger partial charge in [0, 0.05) is 12.6 Å². The summed E-state index contributed by atoms with van der Waals surface area (Å²) >= 11 is 0. The Morgan fingerprint density at radius 2 is 1.95 bits per heavy atom. The Labute approximate surface area is 122 Å². The summed E-state index contributed by atoms with van der Waals surface area (Å²) in [6.07, 6.45) is 4.90. The van der Waals surface area contributed by atoms with Crippen molar-refractivity contribution in [3.05, 3.63) is 35.4 Å². The van der Waals surface area contributed by atoms with Crippen LogP contribution in [0.25, 0.3) is 0 Å². The van der Waals surface area contributed by atoms with Gasteiger partial charge in [-0.05, 0) is 42.2 Å². The molecule has 1 heterocycles. The number of ether oxygens (including phenoxy) is 1. The van der Waals surface area contributed by atoms with Gasteiger partial charge in [-0.1, -0.05) is 45.0 Å². The van der Waals surface area contributed by atoms with Crippen molar-refractivity contribution in [2.45, 2.75) is 64.0 Å². The summed E-state index contributed by atoms with van der Waals surface area (Å²) in [6.45, 7) is 7.59. The van der Waals surface area contributed by atoms with Gasteiger partial charge >= 0.3 is 0 Å². The van der Waals surface area contributed by atoms with E-state index in [4.69, 9.17) is 10.6 Å². The van der Waals surface area contributed by atoms with Crippen LogP contribution in [0.1, 0.15) is 63.6 Å². The molecular weight excluding hydrogens is 248 g/mol. The minimum absolute atomic E-state index is 0.173. The van der Waals surface area contributed by atoms with E-state index in [2.05, 4.69) is 50.5 Å². The number of rotatable bonds is 4. The fourth-order valence-electron chi connectivity index (χ4n) is 2.77. The predicted octanol–water partition coefficient (Wildman–Crippen LogP) is 3.45. The molecule has 3 heteroatoms. The van der Waals surface area contributed by atoms with Crippen LogP contribution in [0, 0.1) is 0 Å². The van der Waals surface area contributed by atoms with E-state index in [0.29, 0.717) is 6.10 Å². The first-order valence-electron chi connectivity index (χ1n) is 7.69. The molecule has 3 nitrogen and oxygen atoms in total. The van der Waals surface area contributed by atoms with E-state index in [1.165, 1.54) is 24.0 Å². The molecule has 0 aliphatic carbocycles. The lowest BCUT2D eigenvalue weighted by molar-refractivity contribution is 0.00502. The third kappa shape index (κ3) is 4.05. The molecule has 20 heavy (non-hydrogen) atoms. The molecule has 0 aromatic heterocycles. The average molecular weight is 276 g/mol. The molecule has 1 aromatic rings. The Hall–Kier alpha value is -0.900. The molecule has 1 aliphatic rings. The molecule has 0 amide bonds. The first-order valence-corrected chi connectivity index (χ1v) is 7.69. The van der Waals surface area contributed by atoms with Crippen molar-refractivity contribution in [2.75, 3.05) is 6.61 Å². The highest BCUT2D eigenvalue weighted by Crippen LogP contribution is 2.27. The zero-order valence-electron chi connectivity index (χ0n) is 13.0. The highest BCUT2D eigenvalue weighted by molar-refractivity contribution is 5.29. The molecule has 2 atom stereocenters. The maximum absolute atomic E-state index is 5.81. The molecule has 3 N–H and O–H groups in total. The van der Waals surface area contributed by atoms with Crippen molar-refractivity contribution in [1.82, 2.24) is 5.43 Å². The van der Waals surface area contributed by atoms with Crippen molar-refractivity contribution in [3.63, 3.8) is 0 Å². The molecular formula is C17H28N2O. The number of hydrazine groups is 1. The lowest BCUT2D eigenvalue weighted by Gasteiger charge is -2.27. The maximum atomic E-state index is 5.81. The van der Waals surface area contributed by atoms with Crippen LogP contribution in [0.5, 0.6) is 0 Å². The maximum Gasteiger partial charge on any atom is 0.0593 e. The van der Waals surface area contributed by atoms with Crippen LogP contribution in [0.2, 0.25) is 0 Å². The van der Waals surface area contributed by atoms with Gasteiger partial charge < -0.3 is 4.74 Å². The monoisotopic (exact) mass is 276 g/mol. The molecule has 2 rings (SSSR count). The zero-order chi connectivity index (χ0) is 14.6. The fraction of sp³-hybridized carbons (Fsp3) is 0.647. The number of nitrogens with two attached hydrogens (primary N) is 1. The van der Waals surface area contributed by atoms with Crippen LogP contribution in [0.15, 0.2) is 24.3 Å². The van der Waals surface area contributed by atoms with Gasteiger partial charge in [0.1, 0.15) is 0 Å². The van der Waals surface area contributed by atoms with Crippen LogP contribution >= 0.6 is 0 Å². The van der Waals surface area contributed by atoms with Gasteiger partial charge in [-0.2, -0.15) is 0 Å². The van der Waals surface area contributed by atoms with Gasteiger partial charge in [-0.15, -0.1) is 0 Å². The van der Waals surface area contributed by atoms with Gasteiger partial charge in [0.15, 0.2) is 0 Å². The zero-order valence-corrected chi connectivity index (χ0v) is 13.0. The van der Waals surface area contributed by atoms with Crippen molar-refractivity contribution in [3.8, 4) is 0 Å². The van der Waals surface area contributed by atoms with E-state index < -0.39 is 0 Å². The Bertz CT molecular complexity index is 402. The molecule has 1 aliphatic heterocycles. The molecule has 0 spiro atoms. The van der Waals surface area contributed by atoms with Crippen LogP contribution < -0.4 is 11.3 Å². The first-order chi connectivity index (χ1) is 9.50. The van der Waals surface area contributed by atoms with Gasteiger partial charge in [-0.3, -0.25) is 11.3 Å². The molecule has 0 saturated carbocycles. The average Bonchev–Trinajstić information content (AvgIpc) is 2.45. The van der Waals surface area contributed by atoms with Gasteiger partial charge in [0.05, 0.1) is 6.10 Å². The normalized spacial score (nSPS) is 21.7. The van der Waals surface area contributed by atoms with E-state index in [9.17, 15) is 0 Å². The highest BCUT2D eigenvalue weighted by atomic mass is 16.5. The second-order valence-electron chi connectivity index (χ2n) is 6.82. The number of hydrogen-bond donors (Lipinski definition) is 2. The second kappa shape index (κ2) is 6.70. The summed E-state index contributed by atoms with van der Waals surface area (Å²) in [7, 11) is 0. The largest absolute Gasteiger partial charge is 0.378 e. The topological polar surface area (TPSA) is 47.3 Å². The van der Waals surface area contributed by atoms with Gasteiger partial charge in [-0.25, -0.2) is 0 Å². The number of hydrogen-bond acceptors (Lipinski definition) is 3. The molecule has 1 fully saturated rings. The Kier molecular flexibility index (Phi) is 5.19. The smallest absolute Gasteiger partial charge is 0.0593 e. The predicted molar refractivity (Wildman–Crippen MR) is 83.4 cm³/mol. The van der Waals surface area contributed by atoms with E-state index in [-0.39, 0.29) is 11.5 Å². The van der Waals surface area contributed by atoms with E-state index in [0.717, 1.165) is 19.4 Å². The lowest BCUT2D eigenvalue weighted by Crippen LogP contribution is -2.32. The van der Waals surface area contributed by atoms with Crippen LogP contribution in [0.3, 0.4) is 0 Å². The second-order valence-corrected chi connectivity index (χ2v) is 6.82. The molecule has 112 valence electrons. The number of benzene rings is 1. The summed E-state index contributed by atoms with van der Waals surface area (Å²) in [5.41, 5.74) is 5.73. The molecule has 0 bridgehead atoms. The fourth-order valence-corrected chi connectivity index (χ4v) is 2.77. The Morgan fingerprint density at radius 1 is 1.25 bits per heavy atom. The van der Waals surface area contributed by atoms with Crippen molar-refractivity contribution in [2.24, 2.45) is 5.84 Å². The van der Waals surface area contributed by atoms with Crippen LogP contribution in [-0.4, -0.2) is 12.7 Å². The van der Waals surface area contributed by atoms with Crippen molar-refractivity contribution >= 4 is 0 Å². The first kappa shape index (κ1) is 15.5. The summed E-state index contributed by atoms with van der Waals surface area (Å²) in [6, 6.07) is 8.97. The Balaban J connectivity index is 2.03. The van der Waals surface area contributed by atoms with Crippen molar-refractivity contribution < 1.29 is 4.74 Å². The SMILES string of the molecule is CC(C)(C)c1ccc(C(CC2CCCCO2)NN)cc1. The molecule has 1 aromatic carbocycles. The summed E-state index contributed by atoms with van der Waals surface area (Å²) in [5, 5.41) is 0. The van der Waals surface area contributed by atoms with Gasteiger partial charge in [0.2, 0.25) is 0 Å². The molecule has 0 radical (unpaired) electrons. The third-order valence-corrected chi connectivity index (χ3v) is 4.15. The highest BCUT2D eigenvalue weighted by Gasteiger charge is 2.21. The summed E-state index contributed by atoms with van der Waals surface area (Å²) < 4.78 is 5.81. The standard InChI is InChI=1S/C17H28N2O/c1-17(2,3)14-9-7-13(8-10-14)16(19-18)12-15-6-4-5-11-20-15/h7-10,15-16,19H,4-6,11-12,18H2,1-3H3. The Morgan fingerprint density at radius 3 is 2.45 bits per heavy atom. The molecule has 2 unspecified atom stereocenters. The minimum atomic E-state index is 0.173. The van der Waals surface area contributed by atoms with Crippen LogP contribution in [0.4, 0.5) is 0 Å². The quantitative estimate of drug-likeness (QED) is 0.654. The van der Waals surface area contributed by atoms with E-state index >= 15 is 0 Å². The molecule has 1 saturated heterocycles. The minimum Gasteiger partial charge on any atom is -0.378 e. The third-order valence-electron chi connectivity index (χ3n) is 4.15. The van der Waals surface area contributed by atoms with Gasteiger partial charge in [0.25, 0.3) is 0 Å². The number of nitrogens with one attached hydrogen (secondary N) is 1. The van der Waals surface area contributed by atoms with E-state index in [1.807, 2.05) is 0 Å². The van der Waals surface area contributed by atoms with Crippen molar-refractivity contribution in [1.29, 1.82) is 0 Å².